The number of nitrogens with two attached hydrogens (primary N) is 1. The Labute approximate surface area is 161 Å². The third kappa shape index (κ3) is 6.73. The zero-order chi connectivity index (χ0) is 20.3. The average molecular weight is 384 g/mol. The molecule has 2 atom stereocenters. The molecule has 0 aromatic heterocycles. The van der Waals surface area contributed by atoms with Crippen LogP contribution in [0.4, 0.5) is 0 Å². The van der Waals surface area contributed by atoms with E-state index in [-0.39, 0.29) is 19.6 Å². The minimum Gasteiger partial charge on any atom is -0.459 e. The second-order valence-corrected chi connectivity index (χ2v) is 6.34. The maximum atomic E-state index is 12.9. The first-order valence-corrected chi connectivity index (χ1v) is 9.22. The first-order valence-electron chi connectivity index (χ1n) is 9.22. The molecule has 1 aliphatic heterocycles. The summed E-state index contributed by atoms with van der Waals surface area (Å²) in [6.07, 6.45) is 2.81. The lowest BCUT2D eigenvalue weighted by Gasteiger charge is -2.38. The lowest BCUT2D eigenvalue weighted by atomic mass is 9.93. The molecule has 0 aromatic carbocycles. The van der Waals surface area contributed by atoms with Crippen LogP contribution in [0.25, 0.3) is 0 Å². The van der Waals surface area contributed by atoms with Gasteiger partial charge in [-0.1, -0.05) is 32.2 Å². The minimum atomic E-state index is -1.96. The van der Waals surface area contributed by atoms with Crippen molar-refractivity contribution < 1.29 is 28.5 Å². The molecule has 1 aliphatic rings. The van der Waals surface area contributed by atoms with Crippen molar-refractivity contribution in [2.24, 2.45) is 5.73 Å². The first-order chi connectivity index (χ1) is 12.9. The van der Waals surface area contributed by atoms with Crippen LogP contribution in [0.15, 0.2) is 25.3 Å². The highest BCUT2D eigenvalue weighted by Crippen LogP contribution is 2.27. The molecule has 1 fully saturated rings. The summed E-state index contributed by atoms with van der Waals surface area (Å²) in [5.74, 6) is -1.67. The van der Waals surface area contributed by atoms with Gasteiger partial charge in [-0.05, 0) is 13.3 Å². The molecule has 0 saturated carbocycles. The monoisotopic (exact) mass is 384 g/mol. The van der Waals surface area contributed by atoms with Crippen molar-refractivity contribution in [1.29, 1.82) is 0 Å². The highest BCUT2D eigenvalue weighted by atomic mass is 16.6. The van der Waals surface area contributed by atoms with Crippen molar-refractivity contribution in [2.45, 2.75) is 44.6 Å². The second kappa shape index (κ2) is 11.9. The van der Waals surface area contributed by atoms with Gasteiger partial charge in [0, 0.05) is 25.6 Å². The molecule has 154 valence electrons. The van der Waals surface area contributed by atoms with E-state index in [0.717, 1.165) is 0 Å². The Kier molecular flexibility index (Phi) is 10.2. The summed E-state index contributed by atoms with van der Waals surface area (Å²) in [5, 5.41) is 0. The van der Waals surface area contributed by atoms with Crippen LogP contribution in [-0.4, -0.2) is 74.2 Å². The maximum absolute atomic E-state index is 12.9. The largest absolute Gasteiger partial charge is 0.459 e. The number of ether oxygens (including phenoxy) is 4. The molecule has 8 heteroatoms. The predicted molar refractivity (Wildman–Crippen MR) is 101 cm³/mol. The Balaban J connectivity index is 3.15. The van der Waals surface area contributed by atoms with Crippen molar-refractivity contribution in [3.63, 3.8) is 0 Å². The van der Waals surface area contributed by atoms with Crippen LogP contribution in [-0.2, 0) is 28.5 Å². The molecule has 1 saturated heterocycles. The zero-order valence-corrected chi connectivity index (χ0v) is 16.4. The van der Waals surface area contributed by atoms with E-state index < -0.39 is 29.8 Å². The van der Waals surface area contributed by atoms with Crippen molar-refractivity contribution in [1.82, 2.24) is 4.90 Å². The molecule has 0 amide bonds. The predicted octanol–water partition coefficient (Wildman–Crippen LogP) is 1.01. The van der Waals surface area contributed by atoms with Gasteiger partial charge in [0.25, 0.3) is 5.60 Å². The highest BCUT2D eigenvalue weighted by molar-refractivity contribution is 6.03. The topological polar surface area (TPSA) is 100 Å². The third-order valence-corrected chi connectivity index (χ3v) is 4.33. The van der Waals surface area contributed by atoms with Gasteiger partial charge in [-0.3, -0.25) is 4.90 Å². The molecule has 0 spiro atoms. The van der Waals surface area contributed by atoms with Gasteiger partial charge in [0.15, 0.2) is 0 Å². The van der Waals surface area contributed by atoms with Gasteiger partial charge in [-0.15, -0.1) is 0 Å². The van der Waals surface area contributed by atoms with E-state index in [9.17, 15) is 9.59 Å². The van der Waals surface area contributed by atoms with E-state index in [4.69, 9.17) is 24.7 Å². The molecule has 0 radical (unpaired) electrons. The third-order valence-electron chi connectivity index (χ3n) is 4.33. The van der Waals surface area contributed by atoms with Crippen LogP contribution in [0.2, 0.25) is 0 Å². The maximum Gasteiger partial charge on any atom is 0.350 e. The fourth-order valence-electron chi connectivity index (χ4n) is 2.72. The van der Waals surface area contributed by atoms with Crippen LogP contribution < -0.4 is 5.73 Å². The summed E-state index contributed by atoms with van der Waals surface area (Å²) in [4.78, 5) is 27.7. The molecule has 0 aliphatic carbocycles. The number of hydrogen-bond acceptors (Lipinski definition) is 8. The summed E-state index contributed by atoms with van der Waals surface area (Å²) in [6.45, 7) is 13.0. The lowest BCUT2D eigenvalue weighted by Crippen LogP contribution is -2.58. The van der Waals surface area contributed by atoms with E-state index in [1.54, 1.807) is 6.92 Å². The van der Waals surface area contributed by atoms with Crippen molar-refractivity contribution in [3.05, 3.63) is 25.3 Å². The van der Waals surface area contributed by atoms with Gasteiger partial charge in [0.05, 0.1) is 13.2 Å². The van der Waals surface area contributed by atoms with Gasteiger partial charge in [-0.2, -0.15) is 0 Å². The quantitative estimate of drug-likeness (QED) is 0.302. The van der Waals surface area contributed by atoms with Crippen molar-refractivity contribution >= 4 is 11.9 Å². The van der Waals surface area contributed by atoms with E-state index in [2.05, 4.69) is 13.2 Å². The number of morpholine rings is 1. The van der Waals surface area contributed by atoms with Gasteiger partial charge < -0.3 is 24.7 Å². The molecule has 2 N–H and O–H groups in total. The highest BCUT2D eigenvalue weighted by Gasteiger charge is 2.53. The van der Waals surface area contributed by atoms with Gasteiger partial charge in [-0.25, -0.2) is 9.59 Å². The standard InChI is InChI=1S/C19H32N2O6/c1-5-10-25-17(22)19(14-16(20)7-3,18(23)26-11-6-2)27-15(4)21-8-12-24-13-9-21/h5-6,15-16H,1-2,7-14,20H2,3-4H3. The van der Waals surface area contributed by atoms with Crippen LogP contribution in [0, 0.1) is 0 Å². The summed E-state index contributed by atoms with van der Waals surface area (Å²) < 4.78 is 21.7. The molecular weight excluding hydrogens is 352 g/mol. The molecule has 8 nitrogen and oxygen atoms in total. The second-order valence-electron chi connectivity index (χ2n) is 6.34. The fourth-order valence-corrected chi connectivity index (χ4v) is 2.72. The van der Waals surface area contributed by atoms with Crippen LogP contribution in [0.3, 0.4) is 0 Å². The molecule has 2 unspecified atom stereocenters. The molecule has 1 heterocycles. The van der Waals surface area contributed by atoms with Crippen LogP contribution in [0.5, 0.6) is 0 Å². The summed E-state index contributed by atoms with van der Waals surface area (Å²) in [7, 11) is 0. The number of hydrogen-bond donors (Lipinski definition) is 1. The van der Waals surface area contributed by atoms with E-state index in [1.165, 1.54) is 12.2 Å². The number of esters is 2. The zero-order valence-electron chi connectivity index (χ0n) is 16.4. The van der Waals surface area contributed by atoms with Gasteiger partial charge in [0.2, 0.25) is 0 Å². The van der Waals surface area contributed by atoms with Crippen molar-refractivity contribution in [3.8, 4) is 0 Å². The van der Waals surface area contributed by atoms with E-state index in [0.29, 0.717) is 32.7 Å². The Morgan fingerprint density at radius 2 is 1.70 bits per heavy atom. The van der Waals surface area contributed by atoms with Crippen molar-refractivity contribution in [2.75, 3.05) is 39.5 Å². The lowest BCUT2D eigenvalue weighted by molar-refractivity contribution is -0.213. The number of carbonyl (C=O) groups excluding carboxylic acids is 2. The Bertz CT molecular complexity index is 480. The molecule has 0 aromatic rings. The Morgan fingerprint density at radius 1 is 1.19 bits per heavy atom. The Morgan fingerprint density at radius 3 is 2.15 bits per heavy atom. The summed E-state index contributed by atoms with van der Waals surface area (Å²) >= 11 is 0. The molecular formula is C19H32N2O6. The number of carbonyl (C=O) groups is 2. The summed E-state index contributed by atoms with van der Waals surface area (Å²) in [5.41, 5.74) is 4.12. The number of rotatable bonds is 12. The smallest absolute Gasteiger partial charge is 0.350 e. The SMILES string of the molecule is C=CCOC(=O)C(CC(N)CC)(OC(C)N1CCOCC1)C(=O)OCC=C. The molecule has 0 bridgehead atoms. The molecule has 27 heavy (non-hydrogen) atoms. The minimum absolute atomic E-state index is 0.0496. The first kappa shape index (κ1) is 23.3. The van der Waals surface area contributed by atoms with Crippen LogP contribution in [0.1, 0.15) is 26.7 Å². The number of nitrogens with zero attached hydrogens (tertiary/aromatic N) is 1. The van der Waals surface area contributed by atoms with Gasteiger partial charge in [0.1, 0.15) is 19.4 Å². The van der Waals surface area contributed by atoms with Gasteiger partial charge >= 0.3 is 11.9 Å². The average Bonchev–Trinajstić information content (AvgIpc) is 2.69. The fraction of sp³-hybridized carbons (Fsp3) is 0.684. The summed E-state index contributed by atoms with van der Waals surface area (Å²) in [6, 6.07) is -0.450. The Hall–Kier alpha value is -1.74. The van der Waals surface area contributed by atoms with Crippen LogP contribution >= 0.6 is 0 Å². The van der Waals surface area contributed by atoms with E-state index >= 15 is 0 Å². The molecule has 1 rings (SSSR count). The van der Waals surface area contributed by atoms with E-state index in [1.807, 2.05) is 11.8 Å². The normalized spacial score (nSPS) is 17.6.